The molecule has 0 atom stereocenters. The van der Waals surface area contributed by atoms with E-state index >= 15 is 0 Å². The predicted molar refractivity (Wildman–Crippen MR) is 69.8 cm³/mol. The van der Waals surface area contributed by atoms with E-state index in [4.69, 9.17) is 12.2 Å². The highest BCUT2D eigenvalue weighted by Gasteiger charge is 2.18. The number of aromatic nitrogens is 4. The standard InChI is InChI=1S/C12H9F3N4S/c1-5-10-11(18(2)17-5)19(12(20)16-10)9-4-7(14)6(13)3-8(9)15/h3-4H,1-2H3,(H,16,20). The third kappa shape index (κ3) is 1.68. The van der Waals surface area contributed by atoms with Crippen molar-refractivity contribution in [3.05, 3.63) is 40.0 Å². The van der Waals surface area contributed by atoms with Gasteiger partial charge in [-0.15, -0.1) is 0 Å². The van der Waals surface area contributed by atoms with Gasteiger partial charge in [0.2, 0.25) is 0 Å². The molecule has 0 bridgehead atoms. The lowest BCUT2D eigenvalue weighted by molar-refractivity contribution is 0.493. The van der Waals surface area contributed by atoms with Crippen molar-refractivity contribution in [2.75, 3.05) is 0 Å². The van der Waals surface area contributed by atoms with Crippen molar-refractivity contribution in [1.82, 2.24) is 19.3 Å². The molecule has 104 valence electrons. The van der Waals surface area contributed by atoms with Crippen LogP contribution in [0.2, 0.25) is 0 Å². The number of aromatic amines is 1. The van der Waals surface area contributed by atoms with Crippen LogP contribution in [0.4, 0.5) is 13.2 Å². The number of hydrogen-bond donors (Lipinski definition) is 1. The average Bonchev–Trinajstić information content (AvgIpc) is 2.83. The molecule has 1 aromatic carbocycles. The zero-order valence-corrected chi connectivity index (χ0v) is 11.4. The Hall–Kier alpha value is -2.09. The van der Waals surface area contributed by atoms with E-state index in [0.29, 0.717) is 22.9 Å². The van der Waals surface area contributed by atoms with Gasteiger partial charge in [-0.05, 0) is 19.1 Å². The van der Waals surface area contributed by atoms with Crippen LogP contribution in [0.15, 0.2) is 12.1 Å². The minimum absolute atomic E-state index is 0.164. The summed E-state index contributed by atoms with van der Waals surface area (Å²) in [7, 11) is 1.66. The zero-order valence-electron chi connectivity index (χ0n) is 10.5. The van der Waals surface area contributed by atoms with E-state index in [9.17, 15) is 13.2 Å². The Morgan fingerprint density at radius 3 is 2.50 bits per heavy atom. The first kappa shape index (κ1) is 12.9. The van der Waals surface area contributed by atoms with Crippen LogP contribution < -0.4 is 0 Å². The molecule has 1 N–H and O–H groups in total. The first-order chi connectivity index (χ1) is 9.40. The largest absolute Gasteiger partial charge is 0.327 e. The van der Waals surface area contributed by atoms with E-state index < -0.39 is 17.5 Å². The number of benzene rings is 1. The Balaban J connectivity index is 2.44. The maximum Gasteiger partial charge on any atom is 0.184 e. The summed E-state index contributed by atoms with van der Waals surface area (Å²) in [6.07, 6.45) is 0. The maximum atomic E-state index is 13.9. The number of aryl methyl sites for hydroxylation is 2. The quantitative estimate of drug-likeness (QED) is 0.553. The molecule has 8 heteroatoms. The van der Waals surface area contributed by atoms with Gasteiger partial charge in [-0.1, -0.05) is 0 Å². The molecule has 0 aliphatic heterocycles. The smallest absolute Gasteiger partial charge is 0.184 e. The number of halogens is 3. The Morgan fingerprint density at radius 1 is 1.15 bits per heavy atom. The van der Waals surface area contributed by atoms with Crippen molar-refractivity contribution in [3.8, 4) is 5.69 Å². The third-order valence-electron chi connectivity index (χ3n) is 3.07. The Morgan fingerprint density at radius 2 is 1.80 bits per heavy atom. The second-order valence-electron chi connectivity index (χ2n) is 4.39. The summed E-state index contributed by atoms with van der Waals surface area (Å²) in [5, 5.41) is 4.18. The fraction of sp³-hybridized carbons (Fsp3) is 0.167. The summed E-state index contributed by atoms with van der Waals surface area (Å²) in [6.45, 7) is 1.76. The fourth-order valence-electron chi connectivity index (χ4n) is 2.21. The third-order valence-corrected chi connectivity index (χ3v) is 3.35. The number of rotatable bonds is 1. The van der Waals surface area contributed by atoms with Gasteiger partial charge in [0, 0.05) is 19.2 Å². The van der Waals surface area contributed by atoms with Gasteiger partial charge in [0.15, 0.2) is 22.1 Å². The second kappa shape index (κ2) is 4.20. The molecule has 0 saturated heterocycles. The molecule has 3 rings (SSSR count). The lowest BCUT2D eigenvalue weighted by atomic mass is 10.3. The molecule has 0 saturated carbocycles. The summed E-state index contributed by atoms with van der Waals surface area (Å²) in [5.74, 6) is -3.29. The van der Waals surface area contributed by atoms with Crippen LogP contribution in [0, 0.1) is 29.1 Å². The number of imidazole rings is 1. The Kier molecular flexibility index (Phi) is 2.72. The van der Waals surface area contributed by atoms with Gasteiger partial charge in [0.05, 0.1) is 11.4 Å². The van der Waals surface area contributed by atoms with Crippen molar-refractivity contribution in [2.45, 2.75) is 6.92 Å². The monoisotopic (exact) mass is 298 g/mol. The highest BCUT2D eigenvalue weighted by molar-refractivity contribution is 7.71. The molecule has 0 aliphatic rings. The van der Waals surface area contributed by atoms with E-state index in [1.807, 2.05) is 0 Å². The summed E-state index contributed by atoms with van der Waals surface area (Å²) < 4.78 is 43.3. The zero-order chi connectivity index (χ0) is 14.6. The molecule has 3 aromatic rings. The molecule has 0 aliphatic carbocycles. The minimum atomic E-state index is -1.24. The van der Waals surface area contributed by atoms with Crippen molar-refractivity contribution >= 4 is 23.4 Å². The summed E-state index contributed by atoms with van der Waals surface area (Å²) in [4.78, 5) is 2.89. The topological polar surface area (TPSA) is 38.5 Å². The van der Waals surface area contributed by atoms with Gasteiger partial charge in [0.1, 0.15) is 11.3 Å². The highest BCUT2D eigenvalue weighted by Crippen LogP contribution is 2.24. The fourth-order valence-corrected chi connectivity index (χ4v) is 2.50. The molecular weight excluding hydrogens is 289 g/mol. The number of nitrogens with one attached hydrogen (secondary N) is 1. The SMILES string of the molecule is Cc1nn(C)c2c1[nH]c(=S)n2-c1cc(F)c(F)cc1F. The van der Waals surface area contributed by atoms with Gasteiger partial charge >= 0.3 is 0 Å². The van der Waals surface area contributed by atoms with E-state index in [1.165, 1.54) is 9.25 Å². The highest BCUT2D eigenvalue weighted by atomic mass is 32.1. The van der Waals surface area contributed by atoms with Crippen molar-refractivity contribution in [1.29, 1.82) is 0 Å². The normalized spacial score (nSPS) is 11.4. The van der Waals surface area contributed by atoms with Gasteiger partial charge in [-0.2, -0.15) is 5.10 Å². The van der Waals surface area contributed by atoms with E-state index in [2.05, 4.69) is 10.1 Å². The molecule has 0 unspecified atom stereocenters. The first-order valence-corrected chi connectivity index (χ1v) is 6.10. The molecule has 0 spiro atoms. The minimum Gasteiger partial charge on any atom is -0.327 e. The summed E-state index contributed by atoms with van der Waals surface area (Å²) in [6, 6.07) is 1.27. The predicted octanol–water partition coefficient (Wildman–Crippen LogP) is 3.15. The van der Waals surface area contributed by atoms with Gasteiger partial charge < -0.3 is 4.98 Å². The molecule has 4 nitrogen and oxygen atoms in total. The molecule has 0 amide bonds. The molecule has 20 heavy (non-hydrogen) atoms. The molecular formula is C12H9F3N4S. The summed E-state index contributed by atoms with van der Waals surface area (Å²) >= 11 is 5.13. The van der Waals surface area contributed by atoms with E-state index in [-0.39, 0.29) is 10.5 Å². The van der Waals surface area contributed by atoms with E-state index in [0.717, 1.165) is 6.07 Å². The lowest BCUT2D eigenvalue weighted by Crippen LogP contribution is -2.04. The maximum absolute atomic E-state index is 13.9. The van der Waals surface area contributed by atoms with Crippen LogP contribution >= 0.6 is 12.2 Å². The van der Waals surface area contributed by atoms with Crippen LogP contribution in [0.1, 0.15) is 5.69 Å². The van der Waals surface area contributed by atoms with Crippen molar-refractivity contribution in [2.24, 2.45) is 7.05 Å². The van der Waals surface area contributed by atoms with Crippen LogP contribution in [0.3, 0.4) is 0 Å². The van der Waals surface area contributed by atoms with Gasteiger partial charge in [-0.3, -0.25) is 4.57 Å². The number of nitrogens with zero attached hydrogens (tertiary/aromatic N) is 3. The average molecular weight is 298 g/mol. The van der Waals surface area contributed by atoms with Gasteiger partial charge in [-0.25, -0.2) is 17.9 Å². The molecule has 2 aromatic heterocycles. The van der Waals surface area contributed by atoms with Crippen LogP contribution in [0.5, 0.6) is 0 Å². The molecule has 0 fully saturated rings. The van der Waals surface area contributed by atoms with Crippen molar-refractivity contribution in [3.63, 3.8) is 0 Å². The lowest BCUT2D eigenvalue weighted by Gasteiger charge is -2.07. The molecule has 2 heterocycles. The number of hydrogen-bond acceptors (Lipinski definition) is 2. The number of fused-ring (bicyclic) bond motifs is 1. The second-order valence-corrected chi connectivity index (χ2v) is 4.78. The number of H-pyrrole nitrogens is 1. The summed E-state index contributed by atoms with van der Waals surface area (Å²) in [5.41, 5.74) is 1.62. The Bertz CT molecular complexity index is 890. The van der Waals surface area contributed by atoms with Crippen LogP contribution in [-0.4, -0.2) is 19.3 Å². The van der Waals surface area contributed by atoms with Crippen molar-refractivity contribution < 1.29 is 13.2 Å². The van der Waals surface area contributed by atoms with Crippen LogP contribution in [-0.2, 0) is 7.05 Å². The Labute approximate surface area is 116 Å². The molecule has 0 radical (unpaired) electrons. The van der Waals surface area contributed by atoms with Gasteiger partial charge in [0.25, 0.3) is 0 Å². The van der Waals surface area contributed by atoms with Crippen LogP contribution in [0.25, 0.3) is 16.9 Å². The first-order valence-electron chi connectivity index (χ1n) is 5.69. The van der Waals surface area contributed by atoms with E-state index in [1.54, 1.807) is 14.0 Å².